The maximum atomic E-state index is 12.1. The van der Waals surface area contributed by atoms with Crippen LogP contribution in [0, 0.1) is 5.92 Å². The van der Waals surface area contributed by atoms with Gasteiger partial charge in [-0.15, -0.1) is 5.10 Å². The van der Waals surface area contributed by atoms with E-state index in [0.29, 0.717) is 17.5 Å². The van der Waals surface area contributed by atoms with E-state index in [-0.39, 0.29) is 12.7 Å². The van der Waals surface area contributed by atoms with Crippen molar-refractivity contribution in [1.29, 1.82) is 0 Å². The summed E-state index contributed by atoms with van der Waals surface area (Å²) in [5.41, 5.74) is 0.976. The van der Waals surface area contributed by atoms with E-state index < -0.39 is 0 Å². The highest BCUT2D eigenvalue weighted by molar-refractivity contribution is 7.99. The summed E-state index contributed by atoms with van der Waals surface area (Å²) in [7, 11) is 0. The van der Waals surface area contributed by atoms with Gasteiger partial charge >= 0.3 is 0 Å². The number of ether oxygens (including phenoxy) is 2. The largest absolute Gasteiger partial charge is 0.454 e. The molecule has 8 heteroatoms. The Balaban J connectivity index is 1.21. The molecule has 4 rings (SSSR count). The van der Waals surface area contributed by atoms with Crippen molar-refractivity contribution in [2.75, 3.05) is 12.5 Å². The minimum Gasteiger partial charge on any atom is -0.454 e. The second-order valence-corrected chi connectivity index (χ2v) is 7.61. The number of carbonyl (C=O) groups is 1. The fourth-order valence-corrected chi connectivity index (χ4v) is 4.00. The van der Waals surface area contributed by atoms with Crippen LogP contribution in [0.4, 0.5) is 0 Å². The van der Waals surface area contributed by atoms with Crippen molar-refractivity contribution in [3.05, 3.63) is 29.6 Å². The van der Waals surface area contributed by atoms with Gasteiger partial charge in [-0.25, -0.2) is 4.98 Å². The van der Waals surface area contributed by atoms with Crippen LogP contribution < -0.4 is 14.8 Å². The number of carbonyl (C=O) groups excluding carboxylic acids is 1. The lowest BCUT2D eigenvalue weighted by atomic mass is 10.0. The van der Waals surface area contributed by atoms with Gasteiger partial charge in [0.2, 0.25) is 17.9 Å². The number of amides is 1. The molecule has 1 aliphatic carbocycles. The van der Waals surface area contributed by atoms with Crippen LogP contribution in [0.2, 0.25) is 0 Å². The number of nitrogens with zero attached hydrogens (tertiary/aromatic N) is 2. The first-order valence-corrected chi connectivity index (χ1v) is 9.94. The highest BCUT2D eigenvalue weighted by Gasteiger charge is 2.18. The number of benzene rings is 1. The number of hydrogen-bond donors (Lipinski definition) is 2. The average molecular weight is 374 g/mol. The van der Waals surface area contributed by atoms with Crippen LogP contribution in [0.3, 0.4) is 0 Å². The number of rotatable bonds is 7. The van der Waals surface area contributed by atoms with E-state index in [0.717, 1.165) is 35.2 Å². The normalized spacial score (nSPS) is 16.2. The topological polar surface area (TPSA) is 89.1 Å². The quantitative estimate of drug-likeness (QED) is 0.725. The average Bonchev–Trinajstić information content (AvgIpc) is 3.40. The zero-order valence-electron chi connectivity index (χ0n) is 14.5. The van der Waals surface area contributed by atoms with Crippen LogP contribution >= 0.6 is 11.8 Å². The third-order valence-electron chi connectivity index (χ3n) is 4.73. The smallest absolute Gasteiger partial charge is 0.231 e. The molecule has 1 aliphatic heterocycles. The summed E-state index contributed by atoms with van der Waals surface area (Å²) < 4.78 is 10.6. The van der Waals surface area contributed by atoms with E-state index in [4.69, 9.17) is 9.47 Å². The lowest BCUT2D eigenvalue weighted by molar-refractivity contribution is -0.118. The van der Waals surface area contributed by atoms with Gasteiger partial charge in [-0.3, -0.25) is 9.89 Å². The number of aromatic amines is 1. The zero-order valence-corrected chi connectivity index (χ0v) is 15.3. The lowest BCUT2D eigenvalue weighted by Crippen LogP contribution is -2.24. The molecule has 2 heterocycles. The molecule has 0 spiro atoms. The Morgan fingerprint density at radius 2 is 2.12 bits per heavy atom. The van der Waals surface area contributed by atoms with Gasteiger partial charge in [0.25, 0.3) is 0 Å². The van der Waals surface area contributed by atoms with Crippen molar-refractivity contribution < 1.29 is 14.3 Å². The molecule has 138 valence electrons. The number of hydrogen-bond acceptors (Lipinski definition) is 6. The third-order valence-corrected chi connectivity index (χ3v) is 5.57. The summed E-state index contributed by atoms with van der Waals surface area (Å²) in [6.45, 7) is 0.706. The van der Waals surface area contributed by atoms with E-state index in [1.807, 2.05) is 18.2 Å². The summed E-state index contributed by atoms with van der Waals surface area (Å²) in [4.78, 5) is 16.5. The third kappa shape index (κ3) is 4.30. The van der Waals surface area contributed by atoms with E-state index in [1.165, 1.54) is 37.4 Å². The molecular formula is C18H22N4O3S. The molecule has 26 heavy (non-hydrogen) atoms. The van der Waals surface area contributed by atoms with Gasteiger partial charge in [0.1, 0.15) is 5.82 Å². The molecule has 7 nitrogen and oxygen atoms in total. The van der Waals surface area contributed by atoms with Crippen molar-refractivity contribution >= 4 is 17.7 Å². The SMILES string of the molecule is O=C(CSc1n[nH]c(CC2CCCC2)n1)NCc1ccc2c(c1)OCO2. The molecule has 1 amide bonds. The van der Waals surface area contributed by atoms with Gasteiger partial charge in [-0.05, 0) is 23.6 Å². The summed E-state index contributed by atoms with van der Waals surface area (Å²) in [5.74, 6) is 3.38. The Morgan fingerprint density at radius 3 is 3.00 bits per heavy atom. The van der Waals surface area contributed by atoms with Crippen LogP contribution in [-0.2, 0) is 17.8 Å². The summed E-state index contributed by atoms with van der Waals surface area (Å²) >= 11 is 1.35. The predicted octanol–water partition coefficient (Wildman–Crippen LogP) is 2.67. The maximum absolute atomic E-state index is 12.1. The first-order valence-electron chi connectivity index (χ1n) is 8.95. The molecular weight excluding hydrogens is 352 g/mol. The minimum absolute atomic E-state index is 0.0465. The van der Waals surface area contributed by atoms with Crippen LogP contribution in [0.15, 0.2) is 23.4 Å². The Hall–Kier alpha value is -2.22. The van der Waals surface area contributed by atoms with Gasteiger partial charge in [-0.2, -0.15) is 0 Å². The second-order valence-electron chi connectivity index (χ2n) is 6.67. The van der Waals surface area contributed by atoms with Crippen molar-refractivity contribution in [2.45, 2.75) is 43.8 Å². The van der Waals surface area contributed by atoms with Gasteiger partial charge < -0.3 is 14.8 Å². The fraction of sp³-hybridized carbons (Fsp3) is 0.500. The van der Waals surface area contributed by atoms with E-state index in [9.17, 15) is 4.79 Å². The van der Waals surface area contributed by atoms with Gasteiger partial charge in [0, 0.05) is 13.0 Å². The fourth-order valence-electron chi connectivity index (χ4n) is 3.35. The number of aromatic nitrogens is 3. The van der Waals surface area contributed by atoms with Crippen LogP contribution in [0.25, 0.3) is 0 Å². The highest BCUT2D eigenvalue weighted by Crippen LogP contribution is 2.32. The standard InChI is InChI=1S/C18H22N4O3S/c23-17(19-9-13-5-6-14-15(7-13)25-11-24-14)10-26-18-20-16(21-22-18)8-12-3-1-2-4-12/h5-7,12H,1-4,8-11H2,(H,19,23)(H,20,21,22). The molecule has 0 saturated heterocycles. The Kier molecular flexibility index (Phi) is 5.29. The number of thioether (sulfide) groups is 1. The molecule has 1 aromatic carbocycles. The maximum Gasteiger partial charge on any atom is 0.231 e. The molecule has 0 unspecified atom stereocenters. The molecule has 0 atom stereocenters. The Bertz CT molecular complexity index is 774. The number of nitrogens with one attached hydrogen (secondary N) is 2. The van der Waals surface area contributed by atoms with Gasteiger partial charge in [0.15, 0.2) is 11.5 Å². The summed E-state index contributed by atoms with van der Waals surface area (Å²) in [5, 5.41) is 10.7. The highest BCUT2D eigenvalue weighted by atomic mass is 32.2. The molecule has 2 N–H and O–H groups in total. The predicted molar refractivity (Wildman–Crippen MR) is 97.2 cm³/mol. The van der Waals surface area contributed by atoms with Gasteiger partial charge in [0.05, 0.1) is 5.75 Å². The summed E-state index contributed by atoms with van der Waals surface area (Å²) in [6.07, 6.45) is 6.18. The van der Waals surface area contributed by atoms with Gasteiger partial charge in [-0.1, -0.05) is 43.5 Å². The van der Waals surface area contributed by atoms with Crippen molar-refractivity contribution in [3.8, 4) is 11.5 Å². The second kappa shape index (κ2) is 7.99. The van der Waals surface area contributed by atoms with Crippen molar-refractivity contribution in [2.24, 2.45) is 5.92 Å². The molecule has 0 bridgehead atoms. The number of fused-ring (bicyclic) bond motifs is 1. The molecule has 1 fully saturated rings. The Labute approximate surface area is 156 Å². The van der Waals surface area contributed by atoms with E-state index in [1.54, 1.807) is 0 Å². The number of H-pyrrole nitrogens is 1. The first-order chi connectivity index (χ1) is 12.8. The molecule has 2 aliphatic rings. The molecule has 2 aromatic rings. The Morgan fingerprint density at radius 1 is 1.27 bits per heavy atom. The van der Waals surface area contributed by atoms with Crippen molar-refractivity contribution in [1.82, 2.24) is 20.5 Å². The van der Waals surface area contributed by atoms with Crippen LogP contribution in [-0.4, -0.2) is 33.6 Å². The minimum atomic E-state index is -0.0465. The van der Waals surface area contributed by atoms with Crippen LogP contribution in [0.5, 0.6) is 11.5 Å². The van der Waals surface area contributed by atoms with E-state index >= 15 is 0 Å². The monoisotopic (exact) mass is 374 g/mol. The molecule has 1 saturated carbocycles. The molecule has 1 aromatic heterocycles. The lowest BCUT2D eigenvalue weighted by Gasteiger charge is -2.05. The van der Waals surface area contributed by atoms with Crippen LogP contribution in [0.1, 0.15) is 37.1 Å². The van der Waals surface area contributed by atoms with E-state index in [2.05, 4.69) is 20.5 Å². The summed E-state index contributed by atoms with van der Waals surface area (Å²) in [6, 6.07) is 5.67. The zero-order chi connectivity index (χ0) is 17.8. The van der Waals surface area contributed by atoms with Crippen molar-refractivity contribution in [3.63, 3.8) is 0 Å². The molecule has 0 radical (unpaired) electrons. The first kappa shape index (κ1) is 17.2.